The van der Waals surface area contributed by atoms with Crippen LogP contribution in [0.25, 0.3) is 0 Å². The van der Waals surface area contributed by atoms with Crippen LogP contribution in [0.3, 0.4) is 0 Å². The third kappa shape index (κ3) is 1.09. The molecule has 0 radical (unpaired) electrons. The van der Waals surface area contributed by atoms with E-state index < -0.39 is 0 Å². The van der Waals surface area contributed by atoms with Gasteiger partial charge in [0.25, 0.3) is 0 Å². The van der Waals surface area contributed by atoms with Gasteiger partial charge in [-0.05, 0) is 6.42 Å². The summed E-state index contributed by atoms with van der Waals surface area (Å²) < 4.78 is 0. The lowest BCUT2D eigenvalue weighted by molar-refractivity contribution is 0.104. The van der Waals surface area contributed by atoms with Crippen LogP contribution in [-0.2, 0) is 0 Å². The molecule has 0 saturated carbocycles. The molecular formula is C8H14N2. The molecule has 0 aromatic heterocycles. The van der Waals surface area contributed by atoms with Gasteiger partial charge in [0.05, 0.1) is 0 Å². The highest BCUT2D eigenvalue weighted by molar-refractivity contribution is 4.96. The predicted octanol–water partition coefficient (Wildman–Crippen LogP) is 0.220. The molecule has 2 aliphatic rings. The van der Waals surface area contributed by atoms with Crippen molar-refractivity contribution >= 4 is 0 Å². The summed E-state index contributed by atoms with van der Waals surface area (Å²) in [6.45, 7) is 4.72. The highest BCUT2D eigenvalue weighted by Crippen LogP contribution is 2.16. The lowest BCUT2D eigenvalue weighted by Gasteiger charge is -2.41. The van der Waals surface area contributed by atoms with E-state index in [4.69, 9.17) is 0 Å². The van der Waals surface area contributed by atoms with E-state index in [1.54, 1.807) is 0 Å². The molecule has 1 N–H and O–H groups in total. The summed E-state index contributed by atoms with van der Waals surface area (Å²) in [6.07, 6.45) is 5.87. The summed E-state index contributed by atoms with van der Waals surface area (Å²) in [5, 5.41) is 3.39. The molecule has 0 bridgehead atoms. The minimum Gasteiger partial charge on any atom is -0.312 e. The van der Waals surface area contributed by atoms with Gasteiger partial charge in [0.2, 0.25) is 0 Å². The van der Waals surface area contributed by atoms with Gasteiger partial charge in [0.1, 0.15) is 0 Å². The molecule has 0 spiro atoms. The number of nitrogens with zero attached hydrogens (tertiary/aromatic N) is 1. The quantitative estimate of drug-likeness (QED) is 0.482. The zero-order valence-electron chi connectivity index (χ0n) is 6.21. The molecule has 2 rings (SSSR count). The fourth-order valence-corrected chi connectivity index (χ4v) is 1.59. The number of fused-ring (bicyclic) bond motifs is 1. The average Bonchev–Trinajstić information content (AvgIpc) is 1.89. The molecule has 0 aliphatic carbocycles. The molecular weight excluding hydrogens is 124 g/mol. The second-order valence-electron chi connectivity index (χ2n) is 3.07. The van der Waals surface area contributed by atoms with Gasteiger partial charge in [-0.3, -0.25) is 4.90 Å². The number of rotatable bonds is 0. The zero-order chi connectivity index (χ0) is 6.81. The average molecular weight is 138 g/mol. The normalized spacial score (nSPS) is 37.0. The minimum atomic E-state index is 0.838. The van der Waals surface area contributed by atoms with E-state index in [1.807, 2.05) is 0 Å². The molecule has 2 heteroatoms. The molecule has 0 aromatic carbocycles. The number of hydrogen-bond acceptors (Lipinski definition) is 2. The Bertz CT molecular complexity index is 142. The molecule has 1 saturated heterocycles. The predicted molar refractivity (Wildman–Crippen MR) is 42.0 cm³/mol. The third-order valence-corrected chi connectivity index (χ3v) is 2.41. The second kappa shape index (κ2) is 2.72. The molecule has 2 aliphatic heterocycles. The van der Waals surface area contributed by atoms with Gasteiger partial charge in [-0.15, -0.1) is 0 Å². The Morgan fingerprint density at radius 1 is 1.40 bits per heavy atom. The summed E-state index contributed by atoms with van der Waals surface area (Å²) in [7, 11) is 0. The van der Waals surface area contributed by atoms with Gasteiger partial charge in [-0.2, -0.15) is 0 Å². The Kier molecular flexibility index (Phi) is 1.74. The first-order valence-corrected chi connectivity index (χ1v) is 4.06. The SMILES string of the molecule is C1=C\CN2CC[C@@H]2CNC/1. The van der Waals surface area contributed by atoms with Gasteiger partial charge < -0.3 is 5.32 Å². The molecule has 2 nitrogen and oxygen atoms in total. The summed E-state index contributed by atoms with van der Waals surface area (Å²) in [6, 6.07) is 0.838. The molecule has 0 unspecified atom stereocenters. The molecule has 10 heavy (non-hydrogen) atoms. The molecule has 1 atom stereocenters. The van der Waals surface area contributed by atoms with Crippen LogP contribution >= 0.6 is 0 Å². The Hall–Kier alpha value is -0.340. The van der Waals surface area contributed by atoms with Crippen LogP contribution in [0.5, 0.6) is 0 Å². The molecule has 1 fully saturated rings. The van der Waals surface area contributed by atoms with Crippen molar-refractivity contribution < 1.29 is 0 Å². The summed E-state index contributed by atoms with van der Waals surface area (Å²) in [4.78, 5) is 2.52. The first-order chi connectivity index (χ1) is 4.97. The number of hydrogen-bond donors (Lipinski definition) is 1. The van der Waals surface area contributed by atoms with Crippen LogP contribution in [0.2, 0.25) is 0 Å². The van der Waals surface area contributed by atoms with Crippen LogP contribution < -0.4 is 5.32 Å². The van der Waals surface area contributed by atoms with E-state index in [1.165, 1.54) is 26.1 Å². The zero-order valence-corrected chi connectivity index (χ0v) is 6.21. The fraction of sp³-hybridized carbons (Fsp3) is 0.750. The van der Waals surface area contributed by atoms with Crippen molar-refractivity contribution in [3.8, 4) is 0 Å². The first-order valence-electron chi connectivity index (χ1n) is 4.06. The summed E-state index contributed by atoms with van der Waals surface area (Å²) in [5.41, 5.74) is 0. The number of nitrogens with one attached hydrogen (secondary N) is 1. The van der Waals surface area contributed by atoms with Crippen LogP contribution in [-0.4, -0.2) is 37.1 Å². The van der Waals surface area contributed by atoms with Crippen LogP contribution in [0.4, 0.5) is 0 Å². The minimum absolute atomic E-state index is 0.838. The van der Waals surface area contributed by atoms with Gasteiger partial charge >= 0.3 is 0 Å². The van der Waals surface area contributed by atoms with Crippen molar-refractivity contribution in [1.82, 2.24) is 10.2 Å². The third-order valence-electron chi connectivity index (χ3n) is 2.41. The highest BCUT2D eigenvalue weighted by atomic mass is 15.2. The van der Waals surface area contributed by atoms with Gasteiger partial charge in [-0.1, -0.05) is 12.2 Å². The Labute approximate surface area is 61.9 Å². The van der Waals surface area contributed by atoms with Gasteiger partial charge in [0, 0.05) is 32.2 Å². The smallest absolute Gasteiger partial charge is 0.0236 e. The van der Waals surface area contributed by atoms with Crippen LogP contribution in [0, 0.1) is 0 Å². The molecule has 2 heterocycles. The van der Waals surface area contributed by atoms with Crippen molar-refractivity contribution in [2.75, 3.05) is 26.2 Å². The first kappa shape index (κ1) is 6.38. The van der Waals surface area contributed by atoms with Gasteiger partial charge in [-0.25, -0.2) is 0 Å². The molecule has 0 amide bonds. The largest absolute Gasteiger partial charge is 0.312 e. The standard InChI is InChI=1S/C8H14N2/c1-2-5-10-6-3-8(10)7-9-4-1/h1-2,8-9H,3-7H2/b2-1-/t8-/m1/s1. The molecule has 0 aromatic rings. The lowest BCUT2D eigenvalue weighted by atomic mass is 10.0. The monoisotopic (exact) mass is 138 g/mol. The maximum absolute atomic E-state index is 3.39. The van der Waals surface area contributed by atoms with E-state index in [0.29, 0.717) is 0 Å². The Morgan fingerprint density at radius 3 is 3.20 bits per heavy atom. The second-order valence-corrected chi connectivity index (χ2v) is 3.07. The van der Waals surface area contributed by atoms with Crippen molar-refractivity contribution in [3.63, 3.8) is 0 Å². The lowest BCUT2D eigenvalue weighted by Crippen LogP contribution is -2.53. The summed E-state index contributed by atoms with van der Waals surface area (Å²) >= 11 is 0. The van der Waals surface area contributed by atoms with Gasteiger partial charge in [0.15, 0.2) is 0 Å². The van der Waals surface area contributed by atoms with Crippen molar-refractivity contribution in [2.24, 2.45) is 0 Å². The van der Waals surface area contributed by atoms with E-state index in [9.17, 15) is 0 Å². The van der Waals surface area contributed by atoms with E-state index >= 15 is 0 Å². The maximum atomic E-state index is 3.39. The van der Waals surface area contributed by atoms with E-state index in [0.717, 1.165) is 12.6 Å². The van der Waals surface area contributed by atoms with E-state index in [2.05, 4.69) is 22.4 Å². The van der Waals surface area contributed by atoms with Crippen LogP contribution in [0.1, 0.15) is 6.42 Å². The topological polar surface area (TPSA) is 15.3 Å². The highest BCUT2D eigenvalue weighted by Gasteiger charge is 2.26. The molecule has 56 valence electrons. The van der Waals surface area contributed by atoms with E-state index in [-0.39, 0.29) is 0 Å². The Morgan fingerprint density at radius 2 is 2.40 bits per heavy atom. The Balaban J connectivity index is 1.94. The van der Waals surface area contributed by atoms with Crippen molar-refractivity contribution in [2.45, 2.75) is 12.5 Å². The maximum Gasteiger partial charge on any atom is 0.0236 e. The summed E-state index contributed by atoms with van der Waals surface area (Å²) in [5.74, 6) is 0. The fourth-order valence-electron chi connectivity index (χ4n) is 1.59. The van der Waals surface area contributed by atoms with Crippen LogP contribution in [0.15, 0.2) is 12.2 Å². The van der Waals surface area contributed by atoms with Crippen molar-refractivity contribution in [3.05, 3.63) is 12.2 Å². The van der Waals surface area contributed by atoms with Crippen molar-refractivity contribution in [1.29, 1.82) is 0 Å².